The molecule has 0 aromatic heterocycles. The fraction of sp³-hybridized carbons (Fsp3) is 0.200. The van der Waals surface area contributed by atoms with Gasteiger partial charge < -0.3 is 14.6 Å². The number of anilines is 1. The van der Waals surface area contributed by atoms with Crippen molar-refractivity contribution in [2.45, 2.75) is 25.2 Å². The number of halogens is 1. The number of amidine groups is 1. The van der Waals surface area contributed by atoms with Crippen LogP contribution < -0.4 is 14.4 Å². The van der Waals surface area contributed by atoms with Crippen molar-refractivity contribution in [2.75, 3.05) is 19.1 Å². The third kappa shape index (κ3) is 4.44. The number of methoxy groups -OCH3 is 2. The first-order valence-electron chi connectivity index (χ1n) is 12.1. The Bertz CT molecular complexity index is 1430. The molecular formula is C30H27BrN2O4. The van der Waals surface area contributed by atoms with Crippen molar-refractivity contribution < 1.29 is 19.4 Å². The quantitative estimate of drug-likeness (QED) is 0.328. The molecule has 7 heteroatoms. The molecule has 0 saturated heterocycles. The van der Waals surface area contributed by atoms with Gasteiger partial charge in [0.25, 0.3) is 0 Å². The number of nitrogens with one attached hydrogen (secondary N) is 1. The molecule has 0 radical (unpaired) electrons. The van der Waals surface area contributed by atoms with Crippen LogP contribution in [0.3, 0.4) is 0 Å². The average Bonchev–Trinajstić information content (AvgIpc) is 2.93. The SMILES string of the molecule is COc1ccc(OC)c([C@H]2C3=C(CCCC3=O)N(c3ccc(Br)cc3)C(=N)/C2=C(/O)c2ccccc2)c1. The van der Waals surface area contributed by atoms with E-state index in [1.165, 1.54) is 0 Å². The number of carbonyl (C=O) groups is 1. The van der Waals surface area contributed by atoms with Crippen molar-refractivity contribution in [1.82, 2.24) is 0 Å². The summed E-state index contributed by atoms with van der Waals surface area (Å²) >= 11 is 3.48. The van der Waals surface area contributed by atoms with Crippen molar-refractivity contribution in [3.63, 3.8) is 0 Å². The van der Waals surface area contributed by atoms with Gasteiger partial charge in [0.05, 0.1) is 20.1 Å². The Labute approximate surface area is 224 Å². The summed E-state index contributed by atoms with van der Waals surface area (Å²) in [5, 5.41) is 21.2. The Balaban J connectivity index is 1.86. The van der Waals surface area contributed by atoms with Crippen LogP contribution in [0.1, 0.15) is 36.3 Å². The zero-order valence-electron chi connectivity index (χ0n) is 20.6. The number of nitrogens with zero attached hydrogens (tertiary/aromatic N) is 1. The molecule has 37 heavy (non-hydrogen) atoms. The van der Waals surface area contributed by atoms with Crippen molar-refractivity contribution in [3.8, 4) is 11.5 Å². The van der Waals surface area contributed by atoms with Gasteiger partial charge >= 0.3 is 0 Å². The average molecular weight is 559 g/mol. The Morgan fingerprint density at radius 2 is 1.73 bits per heavy atom. The monoisotopic (exact) mass is 558 g/mol. The van der Waals surface area contributed by atoms with E-state index in [2.05, 4.69) is 15.9 Å². The van der Waals surface area contributed by atoms with Gasteiger partial charge in [-0.15, -0.1) is 0 Å². The van der Waals surface area contributed by atoms with E-state index in [0.717, 1.165) is 15.9 Å². The molecule has 6 nitrogen and oxygen atoms in total. The van der Waals surface area contributed by atoms with Crippen LogP contribution in [0.25, 0.3) is 5.76 Å². The number of Topliss-reactive ketones (excluding diaryl/α,β-unsaturated/α-hetero) is 1. The number of ketones is 1. The van der Waals surface area contributed by atoms with E-state index in [1.807, 2.05) is 48.5 Å². The summed E-state index contributed by atoms with van der Waals surface area (Å²) in [6.07, 6.45) is 1.74. The number of carbonyl (C=O) groups excluding carboxylic acids is 1. The predicted octanol–water partition coefficient (Wildman–Crippen LogP) is 7.02. The number of allylic oxidation sites excluding steroid dienone is 2. The summed E-state index contributed by atoms with van der Waals surface area (Å²) in [5.74, 6) is 0.525. The van der Waals surface area contributed by atoms with Crippen LogP contribution in [-0.2, 0) is 4.79 Å². The fourth-order valence-electron chi connectivity index (χ4n) is 5.19. The van der Waals surface area contributed by atoms with Gasteiger partial charge in [-0.1, -0.05) is 46.3 Å². The van der Waals surface area contributed by atoms with Gasteiger partial charge in [-0.25, -0.2) is 0 Å². The lowest BCUT2D eigenvalue weighted by molar-refractivity contribution is -0.116. The molecule has 1 heterocycles. The summed E-state index contributed by atoms with van der Waals surface area (Å²) < 4.78 is 12.1. The lowest BCUT2D eigenvalue weighted by Crippen LogP contribution is -2.42. The van der Waals surface area contributed by atoms with Gasteiger partial charge in [0, 0.05) is 44.6 Å². The molecule has 0 amide bonds. The second kappa shape index (κ2) is 10.3. The van der Waals surface area contributed by atoms with Gasteiger partial charge in [0.1, 0.15) is 23.1 Å². The first kappa shape index (κ1) is 24.8. The number of benzene rings is 3. The van der Waals surface area contributed by atoms with Crippen LogP contribution in [0.2, 0.25) is 0 Å². The molecule has 0 spiro atoms. The van der Waals surface area contributed by atoms with E-state index in [-0.39, 0.29) is 17.4 Å². The van der Waals surface area contributed by atoms with Gasteiger partial charge in [0.15, 0.2) is 5.78 Å². The molecule has 1 aliphatic carbocycles. The second-order valence-corrected chi connectivity index (χ2v) is 9.88. The molecule has 0 fully saturated rings. The molecule has 1 atom stereocenters. The third-order valence-corrected chi connectivity index (χ3v) is 7.42. The lowest BCUT2D eigenvalue weighted by atomic mass is 9.73. The van der Waals surface area contributed by atoms with Crippen LogP contribution in [-0.4, -0.2) is 30.9 Å². The Kier molecular flexibility index (Phi) is 6.89. The first-order chi connectivity index (χ1) is 17.9. The van der Waals surface area contributed by atoms with E-state index in [4.69, 9.17) is 9.47 Å². The Morgan fingerprint density at radius 3 is 2.41 bits per heavy atom. The van der Waals surface area contributed by atoms with E-state index >= 15 is 0 Å². The van der Waals surface area contributed by atoms with E-state index in [1.54, 1.807) is 43.4 Å². The highest BCUT2D eigenvalue weighted by molar-refractivity contribution is 9.10. The summed E-state index contributed by atoms with van der Waals surface area (Å²) in [7, 11) is 3.16. The molecule has 5 rings (SSSR count). The zero-order valence-corrected chi connectivity index (χ0v) is 22.2. The van der Waals surface area contributed by atoms with Gasteiger partial charge in [-0.05, 0) is 55.3 Å². The lowest BCUT2D eigenvalue weighted by Gasteiger charge is -2.42. The van der Waals surface area contributed by atoms with Crippen LogP contribution in [0.4, 0.5) is 5.69 Å². The van der Waals surface area contributed by atoms with Crippen LogP contribution in [0.5, 0.6) is 11.5 Å². The maximum atomic E-state index is 13.7. The molecule has 2 aliphatic rings. The van der Waals surface area contributed by atoms with Gasteiger partial charge in [-0.3, -0.25) is 15.1 Å². The van der Waals surface area contributed by atoms with Crippen molar-refractivity contribution >= 4 is 39.0 Å². The molecule has 2 N–H and O–H groups in total. The number of aliphatic hydroxyl groups excluding tert-OH is 1. The molecule has 1 aliphatic heterocycles. The Hall–Kier alpha value is -3.84. The predicted molar refractivity (Wildman–Crippen MR) is 149 cm³/mol. The number of ether oxygens (including phenoxy) is 2. The highest BCUT2D eigenvalue weighted by atomic mass is 79.9. The number of rotatable bonds is 5. The number of hydrogen-bond acceptors (Lipinski definition) is 5. The largest absolute Gasteiger partial charge is 0.507 e. The molecule has 3 aromatic carbocycles. The third-order valence-electron chi connectivity index (χ3n) is 6.89. The minimum atomic E-state index is -0.702. The van der Waals surface area contributed by atoms with Crippen molar-refractivity contribution in [3.05, 3.63) is 105 Å². The number of hydrogen-bond donors (Lipinski definition) is 2. The smallest absolute Gasteiger partial charge is 0.161 e. The standard InChI is InChI=1S/C30H27BrN2O4/c1-36-21-15-16-25(37-2)22(17-21)26-27-23(9-6-10-24(27)34)33(20-13-11-19(31)12-14-20)30(32)28(26)29(35)18-7-4-3-5-8-18/h3-5,7-8,11-17,26,32,35H,6,9-10H2,1-2H3/b29-28+,32-30?/t26-/m0/s1. The van der Waals surface area contributed by atoms with Crippen LogP contribution in [0.15, 0.2) is 94.1 Å². The van der Waals surface area contributed by atoms with E-state index in [0.29, 0.717) is 53.0 Å². The maximum Gasteiger partial charge on any atom is 0.161 e. The van der Waals surface area contributed by atoms with Crippen LogP contribution in [0, 0.1) is 5.41 Å². The topological polar surface area (TPSA) is 82.9 Å². The van der Waals surface area contributed by atoms with E-state index < -0.39 is 5.92 Å². The minimum absolute atomic E-state index is 0.00379. The molecule has 3 aromatic rings. The summed E-state index contributed by atoms with van der Waals surface area (Å²) in [4.78, 5) is 15.5. The molecule has 0 unspecified atom stereocenters. The molecule has 0 saturated carbocycles. The number of aliphatic hydroxyl groups is 1. The first-order valence-corrected chi connectivity index (χ1v) is 12.8. The van der Waals surface area contributed by atoms with E-state index in [9.17, 15) is 15.3 Å². The Morgan fingerprint density at radius 1 is 1.00 bits per heavy atom. The maximum absolute atomic E-state index is 13.7. The molecular weight excluding hydrogens is 532 g/mol. The second-order valence-electron chi connectivity index (χ2n) is 8.97. The molecule has 188 valence electrons. The molecule has 0 bridgehead atoms. The van der Waals surface area contributed by atoms with Gasteiger partial charge in [0.2, 0.25) is 0 Å². The zero-order chi connectivity index (χ0) is 26.1. The normalized spacial score (nSPS) is 19.0. The minimum Gasteiger partial charge on any atom is -0.507 e. The summed E-state index contributed by atoms with van der Waals surface area (Å²) in [5.41, 5.74) is 3.69. The summed E-state index contributed by atoms with van der Waals surface area (Å²) in [6, 6.07) is 22.2. The highest BCUT2D eigenvalue weighted by Crippen LogP contribution is 2.50. The van der Waals surface area contributed by atoms with Crippen molar-refractivity contribution in [1.29, 1.82) is 5.41 Å². The van der Waals surface area contributed by atoms with Crippen molar-refractivity contribution in [2.24, 2.45) is 0 Å². The van der Waals surface area contributed by atoms with Crippen LogP contribution >= 0.6 is 15.9 Å². The summed E-state index contributed by atoms with van der Waals surface area (Å²) in [6.45, 7) is 0. The highest BCUT2D eigenvalue weighted by Gasteiger charge is 2.44. The van der Waals surface area contributed by atoms with Gasteiger partial charge in [-0.2, -0.15) is 0 Å². The fourth-order valence-corrected chi connectivity index (χ4v) is 5.46.